The van der Waals surface area contributed by atoms with E-state index in [4.69, 9.17) is 0 Å². The number of nitrogens with one attached hydrogen (secondary N) is 1. The van der Waals surface area contributed by atoms with Crippen molar-refractivity contribution in [2.24, 2.45) is 16.7 Å². The van der Waals surface area contributed by atoms with Gasteiger partial charge in [-0.05, 0) is 5.41 Å². The van der Waals surface area contributed by atoms with Gasteiger partial charge in [0.05, 0.1) is 5.92 Å². The Labute approximate surface area is 133 Å². The summed E-state index contributed by atoms with van der Waals surface area (Å²) in [5.74, 6) is -0.161. The summed E-state index contributed by atoms with van der Waals surface area (Å²) in [7, 11) is 0. The number of ketones is 1. The summed E-state index contributed by atoms with van der Waals surface area (Å²) < 4.78 is 0. The summed E-state index contributed by atoms with van der Waals surface area (Å²) >= 11 is 0. The van der Waals surface area contributed by atoms with Crippen LogP contribution in [0.2, 0.25) is 0 Å². The molecule has 5 nitrogen and oxygen atoms in total. The van der Waals surface area contributed by atoms with Crippen LogP contribution >= 0.6 is 0 Å². The third-order valence-electron chi connectivity index (χ3n) is 4.17. The van der Waals surface area contributed by atoms with Crippen molar-refractivity contribution < 1.29 is 14.4 Å². The van der Waals surface area contributed by atoms with Crippen LogP contribution in [-0.4, -0.2) is 42.1 Å². The van der Waals surface area contributed by atoms with Gasteiger partial charge in [0.1, 0.15) is 5.78 Å². The summed E-state index contributed by atoms with van der Waals surface area (Å²) in [5.41, 5.74) is -0.503. The van der Waals surface area contributed by atoms with Gasteiger partial charge in [-0.2, -0.15) is 0 Å². The van der Waals surface area contributed by atoms with Gasteiger partial charge in [-0.25, -0.2) is 0 Å². The molecule has 2 amide bonds. The summed E-state index contributed by atoms with van der Waals surface area (Å²) in [4.78, 5) is 37.4. The molecule has 1 saturated heterocycles. The Morgan fingerprint density at radius 3 is 2.18 bits per heavy atom. The minimum Gasteiger partial charge on any atom is -0.315 e. The van der Waals surface area contributed by atoms with E-state index in [0.717, 1.165) is 0 Å². The first-order chi connectivity index (χ1) is 9.94. The van der Waals surface area contributed by atoms with E-state index in [0.29, 0.717) is 32.5 Å². The second-order valence-electron chi connectivity index (χ2n) is 8.18. The van der Waals surface area contributed by atoms with E-state index in [-0.39, 0.29) is 34.3 Å². The van der Waals surface area contributed by atoms with Crippen LogP contribution in [0.1, 0.15) is 54.4 Å². The van der Waals surface area contributed by atoms with Gasteiger partial charge >= 0.3 is 0 Å². The van der Waals surface area contributed by atoms with Crippen LogP contribution in [-0.2, 0) is 14.4 Å². The topological polar surface area (TPSA) is 66.5 Å². The molecular formula is C17H30N2O3. The first-order valence-corrected chi connectivity index (χ1v) is 8.03. The molecule has 22 heavy (non-hydrogen) atoms. The Kier molecular flexibility index (Phi) is 5.90. The van der Waals surface area contributed by atoms with Crippen LogP contribution in [0.5, 0.6) is 0 Å². The van der Waals surface area contributed by atoms with Gasteiger partial charge in [0, 0.05) is 37.9 Å². The van der Waals surface area contributed by atoms with Crippen LogP contribution in [0, 0.1) is 16.7 Å². The van der Waals surface area contributed by atoms with E-state index >= 15 is 0 Å². The summed E-state index contributed by atoms with van der Waals surface area (Å²) in [5, 5.41) is 3.14. The highest BCUT2D eigenvalue weighted by atomic mass is 16.2. The van der Waals surface area contributed by atoms with Crippen molar-refractivity contribution >= 4 is 17.6 Å². The fraction of sp³-hybridized carbons (Fsp3) is 0.824. The Morgan fingerprint density at radius 1 is 1.14 bits per heavy atom. The smallest absolute Gasteiger partial charge is 0.233 e. The predicted molar refractivity (Wildman–Crippen MR) is 86.2 cm³/mol. The average molecular weight is 310 g/mol. The summed E-state index contributed by atoms with van der Waals surface area (Å²) in [6.45, 7) is 13.2. The lowest BCUT2D eigenvalue weighted by atomic mass is 9.80. The zero-order chi connectivity index (χ0) is 17.1. The second kappa shape index (κ2) is 6.90. The molecule has 0 aliphatic carbocycles. The predicted octanol–water partition coefficient (Wildman–Crippen LogP) is 2.00. The average Bonchev–Trinajstić information content (AvgIpc) is 2.64. The molecule has 1 unspecified atom stereocenters. The molecule has 0 aromatic rings. The number of nitrogens with zero attached hydrogens (tertiary/aromatic N) is 1. The molecule has 5 heteroatoms. The van der Waals surface area contributed by atoms with Gasteiger partial charge in [0.15, 0.2) is 0 Å². The molecule has 0 aromatic heterocycles. The van der Waals surface area contributed by atoms with Crippen LogP contribution in [0.15, 0.2) is 0 Å². The van der Waals surface area contributed by atoms with Crippen molar-refractivity contribution in [3.63, 3.8) is 0 Å². The van der Waals surface area contributed by atoms with Gasteiger partial charge < -0.3 is 5.32 Å². The number of hydrogen-bond acceptors (Lipinski definition) is 4. The fourth-order valence-electron chi connectivity index (χ4n) is 2.49. The molecular weight excluding hydrogens is 280 g/mol. The van der Waals surface area contributed by atoms with E-state index in [1.165, 1.54) is 4.90 Å². The number of hydrogen-bond donors (Lipinski definition) is 1. The van der Waals surface area contributed by atoms with Crippen molar-refractivity contribution in [3.8, 4) is 0 Å². The molecule has 1 atom stereocenters. The monoisotopic (exact) mass is 310 g/mol. The number of amides is 2. The van der Waals surface area contributed by atoms with E-state index in [2.05, 4.69) is 5.32 Å². The van der Waals surface area contributed by atoms with Crippen molar-refractivity contribution in [1.29, 1.82) is 0 Å². The molecule has 1 heterocycles. The lowest BCUT2D eigenvalue weighted by Crippen LogP contribution is -2.39. The summed E-state index contributed by atoms with van der Waals surface area (Å²) in [6.07, 6.45) is 0.779. The maximum Gasteiger partial charge on any atom is 0.233 e. The lowest BCUT2D eigenvalue weighted by Gasteiger charge is -2.24. The standard InChI is InChI=1S/C17H30N2O3/c1-16(2,3)12-11-14(21)19(15(12)22)10-9-18-8-7-13(20)17(4,5)6/h12,18H,7-11H2,1-6H3. The van der Waals surface area contributed by atoms with Crippen LogP contribution in [0.3, 0.4) is 0 Å². The van der Waals surface area contributed by atoms with Crippen LogP contribution in [0.4, 0.5) is 0 Å². The Morgan fingerprint density at radius 2 is 1.73 bits per heavy atom. The van der Waals surface area contributed by atoms with Gasteiger partial charge in [0.2, 0.25) is 11.8 Å². The maximum atomic E-state index is 12.3. The van der Waals surface area contributed by atoms with E-state index in [1.54, 1.807) is 0 Å². The van der Waals surface area contributed by atoms with Gasteiger partial charge in [-0.3, -0.25) is 19.3 Å². The highest BCUT2D eigenvalue weighted by Gasteiger charge is 2.44. The van der Waals surface area contributed by atoms with Crippen molar-refractivity contribution in [2.75, 3.05) is 19.6 Å². The van der Waals surface area contributed by atoms with E-state index in [1.807, 2.05) is 41.5 Å². The first-order valence-electron chi connectivity index (χ1n) is 8.03. The minimum absolute atomic E-state index is 0.0648. The fourth-order valence-corrected chi connectivity index (χ4v) is 2.49. The molecule has 1 aliphatic heterocycles. The zero-order valence-electron chi connectivity index (χ0n) is 14.8. The molecule has 1 rings (SSSR count). The SMILES string of the molecule is CC(C)(C)C(=O)CCNCCN1C(=O)CC(C(C)(C)C)C1=O. The molecule has 0 saturated carbocycles. The van der Waals surface area contributed by atoms with Gasteiger partial charge in [-0.1, -0.05) is 41.5 Å². The third-order valence-corrected chi connectivity index (χ3v) is 4.17. The van der Waals surface area contributed by atoms with Crippen LogP contribution in [0.25, 0.3) is 0 Å². The molecule has 0 bridgehead atoms. The third kappa shape index (κ3) is 4.90. The second-order valence-corrected chi connectivity index (χ2v) is 8.18. The van der Waals surface area contributed by atoms with Crippen molar-refractivity contribution in [2.45, 2.75) is 54.4 Å². The molecule has 1 N–H and O–H groups in total. The largest absolute Gasteiger partial charge is 0.315 e. The van der Waals surface area contributed by atoms with Crippen molar-refractivity contribution in [1.82, 2.24) is 10.2 Å². The number of Topliss-reactive ketones (excluding diaryl/α,β-unsaturated/α-hetero) is 1. The Bertz CT molecular complexity index is 444. The molecule has 1 fully saturated rings. The lowest BCUT2D eigenvalue weighted by molar-refractivity contribution is -0.140. The number of carbonyl (C=O) groups is 3. The number of imide groups is 1. The molecule has 0 radical (unpaired) electrons. The maximum absolute atomic E-state index is 12.3. The highest BCUT2D eigenvalue weighted by Crippen LogP contribution is 2.35. The number of carbonyl (C=O) groups excluding carboxylic acids is 3. The Hall–Kier alpha value is -1.23. The minimum atomic E-state index is -0.317. The van der Waals surface area contributed by atoms with Crippen molar-refractivity contribution in [3.05, 3.63) is 0 Å². The van der Waals surface area contributed by atoms with Crippen LogP contribution < -0.4 is 5.32 Å². The molecule has 1 aliphatic rings. The summed E-state index contributed by atoms with van der Waals surface area (Å²) in [6, 6.07) is 0. The number of likely N-dealkylation sites (tertiary alicyclic amines) is 1. The quantitative estimate of drug-likeness (QED) is 0.602. The molecule has 126 valence electrons. The Balaban J connectivity index is 2.36. The van der Waals surface area contributed by atoms with E-state index in [9.17, 15) is 14.4 Å². The van der Waals surface area contributed by atoms with Gasteiger partial charge in [0.25, 0.3) is 0 Å². The molecule has 0 aromatic carbocycles. The first kappa shape index (κ1) is 18.8. The number of rotatable bonds is 6. The zero-order valence-corrected chi connectivity index (χ0v) is 14.8. The normalized spacial score (nSPS) is 19.9. The van der Waals surface area contributed by atoms with E-state index < -0.39 is 0 Å². The van der Waals surface area contributed by atoms with Gasteiger partial charge in [-0.15, -0.1) is 0 Å². The molecule has 0 spiro atoms. The highest BCUT2D eigenvalue weighted by molar-refractivity contribution is 6.03.